The van der Waals surface area contributed by atoms with Crippen molar-refractivity contribution in [2.24, 2.45) is 22.5 Å². The van der Waals surface area contributed by atoms with Gasteiger partial charge in [0, 0.05) is 6.54 Å². The molecular formula is C38H93N3. The van der Waals surface area contributed by atoms with Crippen molar-refractivity contribution in [2.45, 2.75) is 188 Å². The van der Waals surface area contributed by atoms with Crippen LogP contribution in [0.5, 0.6) is 0 Å². The molecule has 0 heterocycles. The van der Waals surface area contributed by atoms with E-state index in [0.717, 1.165) is 11.3 Å². The highest BCUT2D eigenvalue weighted by molar-refractivity contribution is 4.89. The maximum absolute atomic E-state index is 4.50. The Morgan fingerprint density at radius 1 is 0.634 bits per heavy atom. The van der Waals surface area contributed by atoms with Crippen LogP contribution in [0, 0.1) is 16.7 Å². The Balaban J connectivity index is -0.0000000787. The maximum Gasteiger partial charge on any atom is 0.000670 e. The minimum atomic E-state index is 0.625. The molecule has 1 rings (SSSR count). The first-order valence-electron chi connectivity index (χ1n) is 18.6. The van der Waals surface area contributed by atoms with E-state index >= 15 is 0 Å². The van der Waals surface area contributed by atoms with Gasteiger partial charge in [-0.2, -0.15) is 0 Å². The molecule has 1 saturated carbocycles. The zero-order valence-corrected chi connectivity index (χ0v) is 33.7. The van der Waals surface area contributed by atoms with Crippen molar-refractivity contribution >= 4 is 0 Å². The molecule has 0 aromatic heterocycles. The molecule has 0 radical (unpaired) electrons. The van der Waals surface area contributed by atoms with Gasteiger partial charge in [-0.25, -0.2) is 0 Å². The third-order valence-electron chi connectivity index (χ3n) is 8.18. The van der Waals surface area contributed by atoms with Crippen molar-refractivity contribution in [2.75, 3.05) is 47.3 Å². The molecule has 3 nitrogen and oxygen atoms in total. The molecule has 0 spiro atoms. The van der Waals surface area contributed by atoms with Gasteiger partial charge in [-0.05, 0) is 96.1 Å². The number of nitrogens with zero attached hydrogens (tertiary/aromatic N) is 2. The fraction of sp³-hybridized carbons (Fsp3) is 1.00. The molecule has 1 atom stereocenters. The Kier molecular flexibility index (Phi) is 64.7. The summed E-state index contributed by atoms with van der Waals surface area (Å²) in [7, 11) is 5.91. The van der Waals surface area contributed by atoms with E-state index in [1.54, 1.807) is 0 Å². The molecule has 0 aromatic rings. The van der Waals surface area contributed by atoms with E-state index in [1.807, 2.05) is 55.4 Å². The van der Waals surface area contributed by atoms with E-state index in [1.165, 1.54) is 104 Å². The maximum atomic E-state index is 4.50. The second-order valence-corrected chi connectivity index (χ2v) is 10.7. The third kappa shape index (κ3) is 37.9. The monoisotopic (exact) mass is 592 g/mol. The van der Waals surface area contributed by atoms with Crippen LogP contribution in [-0.2, 0) is 0 Å². The lowest BCUT2D eigenvalue weighted by atomic mass is 9.77. The normalized spacial score (nSPS) is 14.3. The molecule has 260 valence electrons. The first kappa shape index (κ1) is 56.6. The molecule has 1 unspecified atom stereocenters. The van der Waals surface area contributed by atoms with E-state index < -0.39 is 0 Å². The average molecular weight is 592 g/mol. The van der Waals surface area contributed by atoms with Gasteiger partial charge in [0.15, 0.2) is 0 Å². The quantitative estimate of drug-likeness (QED) is 0.231. The summed E-state index contributed by atoms with van der Waals surface area (Å²) in [6.07, 6.45) is 15.4. The predicted molar refractivity (Wildman–Crippen MR) is 201 cm³/mol. The first-order valence-corrected chi connectivity index (χ1v) is 18.6. The van der Waals surface area contributed by atoms with Crippen LogP contribution >= 0.6 is 0 Å². The SMILES string of the molecule is CC.CC.CC.CC.CCC(C)(CC)CC.CCCC1(CCC)CCC(CN(C)CC)C1.CCCN(C)CC.CN. The van der Waals surface area contributed by atoms with Crippen molar-refractivity contribution in [3.05, 3.63) is 0 Å². The summed E-state index contributed by atoms with van der Waals surface area (Å²) in [6.45, 7) is 41.4. The number of hydrogen-bond donors (Lipinski definition) is 1. The highest BCUT2D eigenvalue weighted by Gasteiger charge is 2.37. The molecule has 0 aliphatic heterocycles. The molecule has 3 heteroatoms. The Labute approximate surface area is 267 Å². The smallest absolute Gasteiger partial charge is 0.000670 e. The minimum absolute atomic E-state index is 0.625. The number of nitrogens with two attached hydrogens (primary N) is 1. The summed E-state index contributed by atoms with van der Waals surface area (Å²) in [5.41, 5.74) is 5.85. The predicted octanol–water partition coefficient (Wildman–Crippen LogP) is 12.6. The van der Waals surface area contributed by atoms with Gasteiger partial charge in [-0.1, -0.05) is 150 Å². The summed E-state index contributed by atoms with van der Waals surface area (Å²) < 4.78 is 0. The lowest BCUT2D eigenvalue weighted by molar-refractivity contribution is 0.216. The molecule has 1 fully saturated rings. The molecule has 0 saturated heterocycles. The summed E-state index contributed by atoms with van der Waals surface area (Å²) in [5, 5.41) is 0. The van der Waals surface area contributed by atoms with Gasteiger partial charge in [-0.3, -0.25) is 0 Å². The van der Waals surface area contributed by atoms with Crippen LogP contribution in [0.15, 0.2) is 0 Å². The summed E-state index contributed by atoms with van der Waals surface area (Å²) in [6, 6.07) is 0. The second kappa shape index (κ2) is 46.8. The van der Waals surface area contributed by atoms with Gasteiger partial charge >= 0.3 is 0 Å². The van der Waals surface area contributed by atoms with E-state index in [9.17, 15) is 0 Å². The average Bonchev–Trinajstić information content (AvgIpc) is 3.44. The van der Waals surface area contributed by atoms with E-state index in [4.69, 9.17) is 0 Å². The Hall–Kier alpha value is -0.120. The molecule has 0 amide bonds. The first-order chi connectivity index (χ1) is 19.6. The fourth-order valence-corrected chi connectivity index (χ4v) is 4.98. The minimum Gasteiger partial charge on any atom is -0.333 e. The summed E-state index contributed by atoms with van der Waals surface area (Å²) in [4.78, 5) is 4.79. The van der Waals surface area contributed by atoms with Gasteiger partial charge in [0.05, 0.1) is 0 Å². The molecule has 1 aliphatic rings. The third-order valence-corrected chi connectivity index (χ3v) is 8.18. The van der Waals surface area contributed by atoms with Crippen molar-refractivity contribution in [3.8, 4) is 0 Å². The van der Waals surface area contributed by atoms with E-state index in [0.29, 0.717) is 5.41 Å². The highest BCUT2D eigenvalue weighted by atomic mass is 15.1. The van der Waals surface area contributed by atoms with Gasteiger partial charge in [0.25, 0.3) is 0 Å². The lowest BCUT2D eigenvalue weighted by Gasteiger charge is -2.29. The lowest BCUT2D eigenvalue weighted by Crippen LogP contribution is -2.25. The fourth-order valence-electron chi connectivity index (χ4n) is 4.98. The van der Waals surface area contributed by atoms with Gasteiger partial charge in [-0.15, -0.1) is 0 Å². The van der Waals surface area contributed by atoms with Crippen molar-refractivity contribution < 1.29 is 0 Å². The van der Waals surface area contributed by atoms with Gasteiger partial charge in [0.1, 0.15) is 0 Å². The Bertz CT molecular complexity index is 365. The molecule has 0 aromatic carbocycles. The summed E-state index contributed by atoms with van der Waals surface area (Å²) >= 11 is 0. The van der Waals surface area contributed by atoms with Crippen molar-refractivity contribution in [1.82, 2.24) is 9.80 Å². The number of hydrogen-bond acceptors (Lipinski definition) is 3. The van der Waals surface area contributed by atoms with Crippen LogP contribution in [0.2, 0.25) is 0 Å². The molecule has 0 bridgehead atoms. The molecule has 41 heavy (non-hydrogen) atoms. The number of rotatable bonds is 13. The second-order valence-electron chi connectivity index (χ2n) is 10.7. The molecule has 1 aliphatic carbocycles. The molecular weight excluding hydrogens is 498 g/mol. The van der Waals surface area contributed by atoms with Crippen LogP contribution in [-0.4, -0.2) is 57.1 Å². The Morgan fingerprint density at radius 2 is 1.00 bits per heavy atom. The van der Waals surface area contributed by atoms with Gasteiger partial charge < -0.3 is 15.5 Å². The van der Waals surface area contributed by atoms with Gasteiger partial charge in [0.2, 0.25) is 0 Å². The van der Waals surface area contributed by atoms with Crippen molar-refractivity contribution in [3.63, 3.8) is 0 Å². The van der Waals surface area contributed by atoms with Crippen LogP contribution in [0.4, 0.5) is 0 Å². The molecule has 2 N–H and O–H groups in total. The highest BCUT2D eigenvalue weighted by Crippen LogP contribution is 2.48. The van der Waals surface area contributed by atoms with Crippen LogP contribution in [0.1, 0.15) is 188 Å². The summed E-state index contributed by atoms with van der Waals surface area (Å²) in [5.74, 6) is 0.975. The standard InChI is InChI=1S/C15H31N.C8H18.C6H15N.4C2H6.CH5N/c1-5-9-15(10-6-2)11-8-14(12-15)13-16(4)7-3;1-5-8(4,6-2)7-3;1-4-6-7(3)5-2;5*1-2/h14H,5-13H2,1-4H3;5-7H2,1-4H3;4-6H2,1-3H3;4*1-2H3;2H2,1H3. The van der Waals surface area contributed by atoms with Crippen LogP contribution in [0.3, 0.4) is 0 Å². The van der Waals surface area contributed by atoms with Crippen molar-refractivity contribution in [1.29, 1.82) is 0 Å². The van der Waals surface area contributed by atoms with E-state index in [2.05, 4.69) is 91.9 Å². The Morgan fingerprint density at radius 3 is 1.22 bits per heavy atom. The largest absolute Gasteiger partial charge is 0.333 e. The zero-order chi connectivity index (χ0) is 34.3. The zero-order valence-electron chi connectivity index (χ0n) is 33.7. The van der Waals surface area contributed by atoms with Crippen LogP contribution in [0.25, 0.3) is 0 Å². The van der Waals surface area contributed by atoms with E-state index in [-0.39, 0.29) is 0 Å². The van der Waals surface area contributed by atoms with Crippen LogP contribution < -0.4 is 5.73 Å². The topological polar surface area (TPSA) is 32.5 Å².